The molecule has 0 aliphatic carbocycles. The highest BCUT2D eigenvalue weighted by Crippen LogP contribution is 2.03. The van der Waals surface area contributed by atoms with E-state index in [0.29, 0.717) is 6.04 Å². The first kappa shape index (κ1) is 8.43. The van der Waals surface area contributed by atoms with Crippen LogP contribution in [0.2, 0.25) is 0 Å². The van der Waals surface area contributed by atoms with Crippen LogP contribution < -0.4 is 5.32 Å². The van der Waals surface area contributed by atoms with E-state index in [1.807, 2.05) is 6.92 Å². The van der Waals surface area contributed by atoms with E-state index in [4.69, 9.17) is 5.11 Å². The first-order valence-electron chi connectivity index (χ1n) is 3.03. The van der Waals surface area contributed by atoms with Crippen molar-refractivity contribution in [3.8, 4) is 0 Å². The van der Waals surface area contributed by atoms with E-state index in [0.717, 1.165) is 20.0 Å². The number of aliphatic hydroxyl groups excluding tert-OH is 1. The molecule has 0 bridgehead atoms. The summed E-state index contributed by atoms with van der Waals surface area (Å²) in [6.45, 7) is 2.02. The molecule has 0 aromatic carbocycles. The van der Waals surface area contributed by atoms with Crippen LogP contribution in [0.1, 0.15) is 19.8 Å². The number of carbonyl (C=O) groups is 1. The summed E-state index contributed by atoms with van der Waals surface area (Å²) in [5, 5.41) is 9.78. The Kier molecular flexibility index (Phi) is 4.05. The molecule has 54 valence electrons. The summed E-state index contributed by atoms with van der Waals surface area (Å²) in [7, 11) is 1.00. The van der Waals surface area contributed by atoms with E-state index in [1.165, 1.54) is 0 Å². The monoisotopic (exact) mass is 131 g/mol. The predicted octanol–water partition coefficient (Wildman–Crippen LogP) is -0.107. The van der Waals surface area contributed by atoms with Crippen LogP contribution in [0.15, 0.2) is 0 Å². The molecule has 1 saturated heterocycles. The van der Waals surface area contributed by atoms with Gasteiger partial charge < -0.3 is 10.4 Å². The minimum Gasteiger partial charge on any atom is -0.400 e. The Morgan fingerprint density at radius 1 is 1.67 bits per heavy atom. The van der Waals surface area contributed by atoms with Gasteiger partial charge in [0.15, 0.2) is 0 Å². The zero-order valence-corrected chi connectivity index (χ0v) is 5.85. The fourth-order valence-corrected chi connectivity index (χ4v) is 0.767. The lowest BCUT2D eigenvalue weighted by atomic mass is 10.3. The molecule has 1 fully saturated rings. The molecule has 0 unspecified atom stereocenters. The van der Waals surface area contributed by atoms with Crippen molar-refractivity contribution in [3.05, 3.63) is 0 Å². The minimum atomic E-state index is 0.201. The predicted molar refractivity (Wildman–Crippen MR) is 35.0 cm³/mol. The maximum absolute atomic E-state index is 10.3. The van der Waals surface area contributed by atoms with Crippen molar-refractivity contribution in [2.45, 2.75) is 25.8 Å². The van der Waals surface area contributed by atoms with Crippen molar-refractivity contribution in [2.24, 2.45) is 0 Å². The van der Waals surface area contributed by atoms with E-state index in [9.17, 15) is 4.79 Å². The molecule has 3 nitrogen and oxygen atoms in total. The molecule has 2 N–H and O–H groups in total. The summed E-state index contributed by atoms with van der Waals surface area (Å²) in [5.41, 5.74) is 0. The second kappa shape index (κ2) is 4.32. The molecule has 1 amide bonds. The average Bonchev–Trinajstić information content (AvgIpc) is 2.20. The van der Waals surface area contributed by atoms with Gasteiger partial charge in [0.2, 0.25) is 5.91 Å². The third kappa shape index (κ3) is 3.08. The van der Waals surface area contributed by atoms with Crippen LogP contribution in [0.3, 0.4) is 0 Å². The highest BCUT2D eigenvalue weighted by Gasteiger charge is 2.14. The van der Waals surface area contributed by atoms with E-state index in [2.05, 4.69) is 5.32 Å². The van der Waals surface area contributed by atoms with Gasteiger partial charge in [0.25, 0.3) is 0 Å². The first-order chi connectivity index (χ1) is 4.29. The van der Waals surface area contributed by atoms with Crippen molar-refractivity contribution in [2.75, 3.05) is 7.11 Å². The molecule has 1 rings (SSSR count). The Labute approximate surface area is 55.1 Å². The SMILES string of the molecule is CO.C[C@H]1CCC(=O)N1. The number of amides is 1. The van der Waals surface area contributed by atoms with Gasteiger partial charge in [-0.1, -0.05) is 0 Å². The standard InChI is InChI=1S/C5H9NO.CH4O/c1-4-2-3-5(7)6-4;1-2/h4H,2-3H2,1H3,(H,6,7);2H,1H3/t4-;/m0./s1. The van der Waals surface area contributed by atoms with Crippen LogP contribution in [0.5, 0.6) is 0 Å². The van der Waals surface area contributed by atoms with Crippen molar-refractivity contribution in [3.63, 3.8) is 0 Å². The molecule has 3 heteroatoms. The first-order valence-corrected chi connectivity index (χ1v) is 3.03. The van der Waals surface area contributed by atoms with Gasteiger partial charge in [0.05, 0.1) is 0 Å². The molecule has 0 spiro atoms. The van der Waals surface area contributed by atoms with Crippen LogP contribution in [0.4, 0.5) is 0 Å². The lowest BCUT2D eigenvalue weighted by Gasteiger charge is -1.95. The molecule has 0 aromatic rings. The van der Waals surface area contributed by atoms with E-state index >= 15 is 0 Å². The van der Waals surface area contributed by atoms with Crippen molar-refractivity contribution < 1.29 is 9.90 Å². The Balaban J connectivity index is 0.000000291. The third-order valence-corrected chi connectivity index (χ3v) is 1.21. The van der Waals surface area contributed by atoms with E-state index in [-0.39, 0.29) is 5.91 Å². The highest BCUT2D eigenvalue weighted by atomic mass is 16.2. The Bertz CT molecular complexity index is 93.1. The van der Waals surface area contributed by atoms with Crippen LogP contribution >= 0.6 is 0 Å². The fourth-order valence-electron chi connectivity index (χ4n) is 0.767. The lowest BCUT2D eigenvalue weighted by molar-refractivity contribution is -0.119. The topological polar surface area (TPSA) is 49.3 Å². The highest BCUT2D eigenvalue weighted by molar-refractivity contribution is 5.78. The van der Waals surface area contributed by atoms with Crippen LogP contribution in [0, 0.1) is 0 Å². The smallest absolute Gasteiger partial charge is 0.220 e. The Morgan fingerprint density at radius 2 is 2.22 bits per heavy atom. The fraction of sp³-hybridized carbons (Fsp3) is 0.833. The number of nitrogens with one attached hydrogen (secondary N) is 1. The van der Waals surface area contributed by atoms with Crippen molar-refractivity contribution >= 4 is 5.91 Å². The summed E-state index contributed by atoms with van der Waals surface area (Å²) < 4.78 is 0. The zero-order valence-electron chi connectivity index (χ0n) is 5.85. The third-order valence-electron chi connectivity index (χ3n) is 1.21. The van der Waals surface area contributed by atoms with Crippen molar-refractivity contribution in [1.82, 2.24) is 5.32 Å². The van der Waals surface area contributed by atoms with Gasteiger partial charge in [-0.15, -0.1) is 0 Å². The summed E-state index contributed by atoms with van der Waals surface area (Å²) in [5.74, 6) is 0.201. The van der Waals surface area contributed by atoms with Crippen molar-refractivity contribution in [1.29, 1.82) is 0 Å². The number of hydrogen-bond acceptors (Lipinski definition) is 2. The number of carbonyl (C=O) groups excluding carboxylic acids is 1. The lowest BCUT2D eigenvalue weighted by Crippen LogP contribution is -2.21. The van der Waals surface area contributed by atoms with Gasteiger partial charge >= 0.3 is 0 Å². The Hall–Kier alpha value is -0.570. The van der Waals surface area contributed by atoms with Gasteiger partial charge in [-0.25, -0.2) is 0 Å². The van der Waals surface area contributed by atoms with Crippen LogP contribution in [0.25, 0.3) is 0 Å². The van der Waals surface area contributed by atoms with Gasteiger partial charge in [0.1, 0.15) is 0 Å². The van der Waals surface area contributed by atoms with Crippen LogP contribution in [-0.4, -0.2) is 24.2 Å². The molecule has 9 heavy (non-hydrogen) atoms. The van der Waals surface area contributed by atoms with Gasteiger partial charge in [-0.3, -0.25) is 4.79 Å². The largest absolute Gasteiger partial charge is 0.400 e. The normalized spacial score (nSPS) is 24.3. The quantitative estimate of drug-likeness (QED) is 0.482. The summed E-state index contributed by atoms with van der Waals surface area (Å²) in [4.78, 5) is 10.3. The Morgan fingerprint density at radius 3 is 2.33 bits per heavy atom. The van der Waals surface area contributed by atoms with Gasteiger partial charge in [-0.05, 0) is 13.3 Å². The molecule has 1 heterocycles. The summed E-state index contributed by atoms with van der Waals surface area (Å²) >= 11 is 0. The number of hydrogen-bond donors (Lipinski definition) is 2. The molecule has 0 saturated carbocycles. The van der Waals surface area contributed by atoms with Gasteiger partial charge in [-0.2, -0.15) is 0 Å². The molecule has 1 aliphatic rings. The second-order valence-electron chi connectivity index (χ2n) is 2.01. The minimum absolute atomic E-state index is 0.201. The number of aliphatic hydroxyl groups is 1. The average molecular weight is 131 g/mol. The molecule has 1 aliphatic heterocycles. The number of rotatable bonds is 0. The second-order valence-corrected chi connectivity index (χ2v) is 2.01. The molecule has 0 aromatic heterocycles. The van der Waals surface area contributed by atoms with E-state index in [1.54, 1.807) is 0 Å². The van der Waals surface area contributed by atoms with Gasteiger partial charge in [0, 0.05) is 19.6 Å². The van der Waals surface area contributed by atoms with Crippen LogP contribution in [-0.2, 0) is 4.79 Å². The summed E-state index contributed by atoms with van der Waals surface area (Å²) in [6, 6.07) is 0.424. The summed E-state index contributed by atoms with van der Waals surface area (Å²) in [6.07, 6.45) is 1.74. The maximum atomic E-state index is 10.3. The zero-order chi connectivity index (χ0) is 7.28. The maximum Gasteiger partial charge on any atom is 0.220 e. The molecular formula is C6H13NO2. The molecule has 0 radical (unpaired) electrons. The van der Waals surface area contributed by atoms with E-state index < -0.39 is 0 Å². The molecular weight excluding hydrogens is 118 g/mol. The molecule has 1 atom stereocenters.